The highest BCUT2D eigenvalue weighted by atomic mass is 19.1. The molecule has 2 rings (SSSR count). The van der Waals surface area contributed by atoms with Crippen molar-refractivity contribution in [1.82, 2.24) is 5.32 Å². The average molecular weight is 271 g/mol. The summed E-state index contributed by atoms with van der Waals surface area (Å²) in [6.45, 7) is 4.11. The first-order valence-electron chi connectivity index (χ1n) is 7.09. The summed E-state index contributed by atoms with van der Waals surface area (Å²) in [5.74, 6) is -0.167. The van der Waals surface area contributed by atoms with E-state index in [0.717, 1.165) is 18.4 Å². The zero-order chi connectivity index (χ0) is 14.5. The van der Waals surface area contributed by atoms with Gasteiger partial charge in [-0.3, -0.25) is 0 Å². The molecule has 0 bridgehead atoms. The summed E-state index contributed by atoms with van der Waals surface area (Å²) in [6.07, 6.45) is 2.03. The molecule has 1 nitrogen and oxygen atoms in total. The number of hydrogen-bond donors (Lipinski definition) is 1. The standard InChI is InChI=1S/C18H22FN/c1-13-6-4-5-7-15(13)8-11-18(20-3)17-10-9-16(19)12-14(17)2/h4-7,9-10,12,18,20H,8,11H2,1-3H3. The van der Waals surface area contributed by atoms with E-state index in [9.17, 15) is 4.39 Å². The van der Waals surface area contributed by atoms with E-state index in [4.69, 9.17) is 0 Å². The normalized spacial score (nSPS) is 12.4. The van der Waals surface area contributed by atoms with Crippen LogP contribution in [0.3, 0.4) is 0 Å². The molecule has 0 aliphatic rings. The lowest BCUT2D eigenvalue weighted by Gasteiger charge is -2.19. The van der Waals surface area contributed by atoms with Crippen LogP contribution in [0.5, 0.6) is 0 Å². The lowest BCUT2D eigenvalue weighted by molar-refractivity contribution is 0.543. The third kappa shape index (κ3) is 3.45. The highest BCUT2D eigenvalue weighted by Gasteiger charge is 2.12. The van der Waals surface area contributed by atoms with Crippen molar-refractivity contribution in [3.8, 4) is 0 Å². The fourth-order valence-corrected chi connectivity index (χ4v) is 2.68. The molecule has 1 unspecified atom stereocenters. The Morgan fingerprint density at radius 3 is 2.45 bits per heavy atom. The van der Waals surface area contributed by atoms with Crippen molar-refractivity contribution in [3.63, 3.8) is 0 Å². The van der Waals surface area contributed by atoms with Crippen LogP contribution in [0, 0.1) is 19.7 Å². The highest BCUT2D eigenvalue weighted by molar-refractivity contribution is 5.30. The molecule has 2 aromatic carbocycles. The second-order valence-corrected chi connectivity index (χ2v) is 5.31. The van der Waals surface area contributed by atoms with Crippen LogP contribution in [0.15, 0.2) is 42.5 Å². The van der Waals surface area contributed by atoms with Gasteiger partial charge in [0, 0.05) is 6.04 Å². The van der Waals surface area contributed by atoms with Crippen LogP contribution in [0.1, 0.15) is 34.7 Å². The lowest BCUT2D eigenvalue weighted by atomic mass is 9.94. The second-order valence-electron chi connectivity index (χ2n) is 5.31. The van der Waals surface area contributed by atoms with E-state index in [1.807, 2.05) is 20.0 Å². The topological polar surface area (TPSA) is 12.0 Å². The summed E-state index contributed by atoms with van der Waals surface area (Å²) in [5, 5.41) is 3.35. The Kier molecular flexibility index (Phi) is 4.91. The predicted molar refractivity (Wildman–Crippen MR) is 82.4 cm³/mol. The van der Waals surface area contributed by atoms with Crippen molar-refractivity contribution in [1.29, 1.82) is 0 Å². The van der Waals surface area contributed by atoms with Crippen LogP contribution in [0.4, 0.5) is 4.39 Å². The van der Waals surface area contributed by atoms with E-state index >= 15 is 0 Å². The van der Waals surface area contributed by atoms with Gasteiger partial charge < -0.3 is 5.32 Å². The molecule has 0 heterocycles. The molecule has 0 aliphatic carbocycles. The molecular weight excluding hydrogens is 249 g/mol. The van der Waals surface area contributed by atoms with Gasteiger partial charge in [-0.05, 0) is 68.1 Å². The first-order valence-corrected chi connectivity index (χ1v) is 7.09. The molecule has 1 N–H and O–H groups in total. The third-order valence-electron chi connectivity index (χ3n) is 3.92. The summed E-state index contributed by atoms with van der Waals surface area (Å²) in [7, 11) is 1.96. The van der Waals surface area contributed by atoms with Crippen LogP contribution < -0.4 is 5.32 Å². The Balaban J connectivity index is 2.11. The zero-order valence-electron chi connectivity index (χ0n) is 12.4. The van der Waals surface area contributed by atoms with Gasteiger partial charge in [-0.1, -0.05) is 30.3 Å². The molecule has 20 heavy (non-hydrogen) atoms. The Morgan fingerprint density at radius 2 is 1.80 bits per heavy atom. The van der Waals surface area contributed by atoms with Gasteiger partial charge >= 0.3 is 0 Å². The van der Waals surface area contributed by atoms with Gasteiger partial charge in [0.15, 0.2) is 0 Å². The minimum absolute atomic E-state index is 0.167. The van der Waals surface area contributed by atoms with Crippen LogP contribution >= 0.6 is 0 Å². The maximum atomic E-state index is 13.2. The van der Waals surface area contributed by atoms with Gasteiger partial charge in [-0.15, -0.1) is 0 Å². The molecule has 0 saturated carbocycles. The number of hydrogen-bond acceptors (Lipinski definition) is 1. The van der Waals surface area contributed by atoms with Crippen molar-refractivity contribution in [2.45, 2.75) is 32.7 Å². The van der Waals surface area contributed by atoms with E-state index in [1.165, 1.54) is 16.7 Å². The van der Waals surface area contributed by atoms with Crippen molar-refractivity contribution in [2.75, 3.05) is 7.05 Å². The van der Waals surface area contributed by atoms with Crippen molar-refractivity contribution in [2.24, 2.45) is 0 Å². The molecule has 0 radical (unpaired) electrons. The maximum Gasteiger partial charge on any atom is 0.123 e. The largest absolute Gasteiger partial charge is 0.313 e. The monoisotopic (exact) mass is 271 g/mol. The molecule has 1 atom stereocenters. The maximum absolute atomic E-state index is 13.2. The number of halogens is 1. The average Bonchev–Trinajstić information content (AvgIpc) is 2.43. The highest BCUT2D eigenvalue weighted by Crippen LogP contribution is 2.23. The first kappa shape index (κ1) is 14.7. The second kappa shape index (κ2) is 6.67. The molecule has 106 valence electrons. The Bertz CT molecular complexity index is 577. The van der Waals surface area contributed by atoms with Crippen molar-refractivity contribution < 1.29 is 4.39 Å². The number of aryl methyl sites for hydroxylation is 3. The van der Waals surface area contributed by atoms with Gasteiger partial charge in [0.05, 0.1) is 0 Å². The number of benzene rings is 2. The van der Waals surface area contributed by atoms with Crippen LogP contribution in [-0.2, 0) is 6.42 Å². The van der Waals surface area contributed by atoms with Crippen LogP contribution in [0.2, 0.25) is 0 Å². The van der Waals surface area contributed by atoms with Gasteiger partial charge in [0.2, 0.25) is 0 Å². The smallest absolute Gasteiger partial charge is 0.123 e. The molecule has 0 aliphatic heterocycles. The lowest BCUT2D eigenvalue weighted by Crippen LogP contribution is -2.18. The van der Waals surface area contributed by atoms with Gasteiger partial charge in [0.25, 0.3) is 0 Å². The molecule has 0 saturated heterocycles. The predicted octanol–water partition coefficient (Wildman–Crippen LogP) is 4.34. The fraction of sp³-hybridized carbons (Fsp3) is 0.333. The van der Waals surface area contributed by atoms with E-state index in [2.05, 4.69) is 36.5 Å². The fourth-order valence-electron chi connectivity index (χ4n) is 2.68. The van der Waals surface area contributed by atoms with Gasteiger partial charge in [-0.25, -0.2) is 4.39 Å². The molecule has 0 aromatic heterocycles. The SMILES string of the molecule is CNC(CCc1ccccc1C)c1ccc(F)cc1C. The Labute approximate surface area is 120 Å². The summed E-state index contributed by atoms with van der Waals surface area (Å²) in [4.78, 5) is 0. The summed E-state index contributed by atoms with van der Waals surface area (Å²) >= 11 is 0. The van der Waals surface area contributed by atoms with Crippen LogP contribution in [-0.4, -0.2) is 7.05 Å². The molecular formula is C18H22FN. The molecule has 2 heteroatoms. The van der Waals surface area contributed by atoms with E-state index < -0.39 is 0 Å². The molecule has 2 aromatic rings. The van der Waals surface area contributed by atoms with Crippen molar-refractivity contribution in [3.05, 3.63) is 70.5 Å². The van der Waals surface area contributed by atoms with E-state index in [1.54, 1.807) is 12.1 Å². The quantitative estimate of drug-likeness (QED) is 0.853. The summed E-state index contributed by atoms with van der Waals surface area (Å²) < 4.78 is 13.2. The van der Waals surface area contributed by atoms with Gasteiger partial charge in [0.1, 0.15) is 5.82 Å². The summed E-state index contributed by atoms with van der Waals surface area (Å²) in [6, 6.07) is 13.8. The first-order chi connectivity index (χ1) is 9.61. The Morgan fingerprint density at radius 1 is 1.05 bits per heavy atom. The number of rotatable bonds is 5. The number of nitrogens with one attached hydrogen (secondary N) is 1. The zero-order valence-corrected chi connectivity index (χ0v) is 12.4. The minimum atomic E-state index is -0.167. The molecule has 0 amide bonds. The van der Waals surface area contributed by atoms with E-state index in [0.29, 0.717) is 0 Å². The van der Waals surface area contributed by atoms with Crippen LogP contribution in [0.25, 0.3) is 0 Å². The van der Waals surface area contributed by atoms with Crippen molar-refractivity contribution >= 4 is 0 Å². The van der Waals surface area contributed by atoms with Gasteiger partial charge in [-0.2, -0.15) is 0 Å². The third-order valence-corrected chi connectivity index (χ3v) is 3.92. The molecule has 0 spiro atoms. The van der Waals surface area contributed by atoms with E-state index in [-0.39, 0.29) is 11.9 Å². The summed E-state index contributed by atoms with van der Waals surface area (Å²) in [5.41, 5.74) is 4.90. The minimum Gasteiger partial charge on any atom is -0.313 e. The molecule has 0 fully saturated rings. The Hall–Kier alpha value is -1.67.